The predicted molar refractivity (Wildman–Crippen MR) is 105 cm³/mol. The van der Waals surface area contributed by atoms with Crippen LogP contribution in [-0.4, -0.2) is 74.5 Å². The van der Waals surface area contributed by atoms with E-state index in [0.717, 1.165) is 0 Å². The highest BCUT2D eigenvalue weighted by atomic mass is 19.1. The number of halogens is 1. The number of carbonyl (C=O) groups is 2. The highest BCUT2D eigenvalue weighted by Gasteiger charge is 2.44. The number of aliphatic hydroxyl groups is 1. The van der Waals surface area contributed by atoms with Crippen LogP contribution in [-0.2, 0) is 19.0 Å². The summed E-state index contributed by atoms with van der Waals surface area (Å²) in [6.45, 7) is 3.25. The number of rotatable bonds is 5. The van der Waals surface area contributed by atoms with E-state index in [2.05, 4.69) is 5.32 Å². The molecule has 1 aromatic carbocycles. The second kappa shape index (κ2) is 8.37. The van der Waals surface area contributed by atoms with Gasteiger partial charge in [0.1, 0.15) is 18.0 Å². The Morgan fingerprint density at radius 2 is 2.10 bits per heavy atom. The van der Waals surface area contributed by atoms with E-state index in [9.17, 15) is 19.1 Å². The monoisotopic (exact) mass is 423 g/mol. The lowest BCUT2D eigenvalue weighted by atomic mass is 10.0. The smallest absolute Gasteiger partial charge is 0.414 e. The summed E-state index contributed by atoms with van der Waals surface area (Å²) in [5, 5.41) is 11.8. The molecular weight excluding hydrogens is 397 g/mol. The van der Waals surface area contributed by atoms with Crippen molar-refractivity contribution in [2.75, 3.05) is 49.2 Å². The molecule has 2 amide bonds. The van der Waals surface area contributed by atoms with E-state index in [-0.39, 0.29) is 31.7 Å². The fourth-order valence-corrected chi connectivity index (χ4v) is 4.07. The van der Waals surface area contributed by atoms with Crippen molar-refractivity contribution in [2.24, 2.45) is 0 Å². The topological polar surface area (TPSA) is 101 Å². The minimum absolute atomic E-state index is 0.0772. The van der Waals surface area contributed by atoms with Crippen molar-refractivity contribution < 1.29 is 33.3 Å². The molecule has 0 radical (unpaired) electrons. The molecule has 1 spiro atoms. The first-order chi connectivity index (χ1) is 14.4. The van der Waals surface area contributed by atoms with E-state index in [0.29, 0.717) is 43.9 Å². The molecule has 3 aliphatic rings. The van der Waals surface area contributed by atoms with Crippen LogP contribution in [0.5, 0.6) is 0 Å². The summed E-state index contributed by atoms with van der Waals surface area (Å²) >= 11 is 0. The van der Waals surface area contributed by atoms with E-state index in [1.165, 1.54) is 17.9 Å². The highest BCUT2D eigenvalue weighted by molar-refractivity contribution is 5.90. The zero-order valence-corrected chi connectivity index (χ0v) is 16.8. The first-order valence-electron chi connectivity index (χ1n) is 10.1. The van der Waals surface area contributed by atoms with E-state index in [4.69, 9.17) is 14.2 Å². The van der Waals surface area contributed by atoms with Gasteiger partial charge in [0, 0.05) is 32.9 Å². The number of benzene rings is 1. The lowest BCUT2D eigenvalue weighted by Crippen LogP contribution is -2.46. The van der Waals surface area contributed by atoms with Gasteiger partial charge in [-0.3, -0.25) is 9.69 Å². The van der Waals surface area contributed by atoms with Crippen LogP contribution in [0.25, 0.3) is 0 Å². The van der Waals surface area contributed by atoms with E-state index < -0.39 is 23.8 Å². The molecule has 2 N–H and O–H groups in total. The van der Waals surface area contributed by atoms with Crippen molar-refractivity contribution in [1.29, 1.82) is 0 Å². The SMILES string of the molecule is CC(=O)NCC1CN(c2ccc(N3CCC4(CC3)OCC(CO)O4)c(F)c2)C(=O)O1. The molecule has 3 saturated heterocycles. The van der Waals surface area contributed by atoms with Gasteiger partial charge in [-0.05, 0) is 18.2 Å². The maximum atomic E-state index is 14.9. The number of anilines is 2. The van der Waals surface area contributed by atoms with Gasteiger partial charge in [0.15, 0.2) is 5.79 Å². The average Bonchev–Trinajstić information content (AvgIpc) is 3.30. The molecule has 0 aromatic heterocycles. The maximum Gasteiger partial charge on any atom is 0.414 e. The first-order valence-corrected chi connectivity index (χ1v) is 10.1. The minimum Gasteiger partial charge on any atom is -0.442 e. The second-order valence-electron chi connectivity index (χ2n) is 7.82. The summed E-state index contributed by atoms with van der Waals surface area (Å²) in [5.74, 6) is -1.32. The summed E-state index contributed by atoms with van der Waals surface area (Å²) in [4.78, 5) is 26.5. The molecule has 2 unspecified atom stereocenters. The Balaban J connectivity index is 1.38. The molecule has 4 rings (SSSR count). The number of nitrogens with zero attached hydrogens (tertiary/aromatic N) is 2. The first kappa shape index (κ1) is 20.8. The minimum atomic E-state index is -0.692. The third kappa shape index (κ3) is 4.21. The quantitative estimate of drug-likeness (QED) is 0.729. The van der Waals surface area contributed by atoms with Crippen molar-refractivity contribution in [3.8, 4) is 0 Å². The van der Waals surface area contributed by atoms with Gasteiger partial charge in [-0.25, -0.2) is 9.18 Å². The van der Waals surface area contributed by atoms with Gasteiger partial charge in [-0.2, -0.15) is 0 Å². The number of amides is 2. The van der Waals surface area contributed by atoms with Crippen LogP contribution in [0.1, 0.15) is 19.8 Å². The molecule has 2 atom stereocenters. The van der Waals surface area contributed by atoms with Crippen molar-refractivity contribution >= 4 is 23.4 Å². The Morgan fingerprint density at radius 1 is 1.33 bits per heavy atom. The molecule has 3 aliphatic heterocycles. The van der Waals surface area contributed by atoms with Crippen molar-refractivity contribution in [1.82, 2.24) is 5.32 Å². The Kier molecular flexibility index (Phi) is 5.81. The van der Waals surface area contributed by atoms with E-state index >= 15 is 0 Å². The van der Waals surface area contributed by atoms with Gasteiger partial charge < -0.3 is 29.5 Å². The van der Waals surface area contributed by atoms with Gasteiger partial charge in [0.05, 0.1) is 37.7 Å². The molecule has 3 heterocycles. The molecule has 0 saturated carbocycles. The molecular formula is C20H26FN3O6. The number of carbonyl (C=O) groups excluding carboxylic acids is 2. The fourth-order valence-electron chi connectivity index (χ4n) is 4.07. The summed E-state index contributed by atoms with van der Waals surface area (Å²) in [6, 6.07) is 4.67. The summed E-state index contributed by atoms with van der Waals surface area (Å²) in [6.07, 6.45) is -0.188. The van der Waals surface area contributed by atoms with Crippen molar-refractivity contribution in [3.63, 3.8) is 0 Å². The summed E-state index contributed by atoms with van der Waals surface area (Å²) in [7, 11) is 0. The normalized spacial score (nSPS) is 25.6. The molecule has 0 aliphatic carbocycles. The number of piperidine rings is 1. The lowest BCUT2D eigenvalue weighted by Gasteiger charge is -2.39. The van der Waals surface area contributed by atoms with Crippen LogP contribution in [0.4, 0.5) is 20.6 Å². The van der Waals surface area contributed by atoms with Crippen LogP contribution < -0.4 is 15.1 Å². The zero-order valence-electron chi connectivity index (χ0n) is 16.8. The zero-order chi connectivity index (χ0) is 21.3. The van der Waals surface area contributed by atoms with Crippen LogP contribution >= 0.6 is 0 Å². The number of hydrogen-bond acceptors (Lipinski definition) is 7. The fraction of sp³-hybridized carbons (Fsp3) is 0.600. The molecule has 9 nitrogen and oxygen atoms in total. The largest absolute Gasteiger partial charge is 0.442 e. The summed E-state index contributed by atoms with van der Waals surface area (Å²) in [5.41, 5.74) is 0.862. The third-order valence-electron chi connectivity index (χ3n) is 5.68. The van der Waals surface area contributed by atoms with Crippen LogP contribution in [0.15, 0.2) is 18.2 Å². The Hall–Kier alpha value is -2.43. The number of cyclic esters (lactones) is 1. The number of ether oxygens (including phenoxy) is 3. The Bertz CT molecular complexity index is 814. The standard InChI is InChI=1S/C20H26FN3O6/c1-13(26)22-9-15-10-24(19(27)29-15)14-2-3-18(17(21)8-14)23-6-4-20(5-7-23)28-12-16(11-25)30-20/h2-3,8,15-16,25H,4-7,9-12H2,1H3,(H,22,26). The number of hydrogen-bond donors (Lipinski definition) is 2. The average molecular weight is 423 g/mol. The Labute approximate surface area is 173 Å². The van der Waals surface area contributed by atoms with Gasteiger partial charge in [-0.1, -0.05) is 0 Å². The van der Waals surface area contributed by atoms with Gasteiger partial charge >= 0.3 is 6.09 Å². The third-order valence-corrected chi connectivity index (χ3v) is 5.68. The maximum absolute atomic E-state index is 14.9. The summed E-state index contributed by atoms with van der Waals surface area (Å²) < 4.78 is 31.7. The molecule has 10 heteroatoms. The van der Waals surface area contributed by atoms with E-state index in [1.54, 1.807) is 12.1 Å². The van der Waals surface area contributed by atoms with Gasteiger partial charge in [0.25, 0.3) is 0 Å². The van der Waals surface area contributed by atoms with Crippen LogP contribution in [0, 0.1) is 5.82 Å². The Morgan fingerprint density at radius 3 is 2.73 bits per heavy atom. The second-order valence-corrected chi connectivity index (χ2v) is 7.82. The molecule has 0 bridgehead atoms. The number of nitrogens with one attached hydrogen (secondary N) is 1. The number of aliphatic hydroxyl groups excluding tert-OH is 1. The highest BCUT2D eigenvalue weighted by Crippen LogP contribution is 2.36. The van der Waals surface area contributed by atoms with Crippen molar-refractivity contribution in [3.05, 3.63) is 24.0 Å². The molecule has 164 valence electrons. The van der Waals surface area contributed by atoms with Crippen molar-refractivity contribution in [2.45, 2.75) is 37.8 Å². The van der Waals surface area contributed by atoms with Crippen LogP contribution in [0.2, 0.25) is 0 Å². The van der Waals surface area contributed by atoms with Crippen LogP contribution in [0.3, 0.4) is 0 Å². The molecule has 3 fully saturated rings. The molecule has 30 heavy (non-hydrogen) atoms. The predicted octanol–water partition coefficient (Wildman–Crippen LogP) is 0.991. The van der Waals surface area contributed by atoms with E-state index in [1.807, 2.05) is 4.90 Å². The van der Waals surface area contributed by atoms with Gasteiger partial charge in [0.2, 0.25) is 5.91 Å². The van der Waals surface area contributed by atoms with Gasteiger partial charge in [-0.15, -0.1) is 0 Å². The molecule has 1 aromatic rings. The lowest BCUT2D eigenvalue weighted by molar-refractivity contribution is -0.183.